The fourth-order valence-electron chi connectivity index (χ4n) is 2.02. The van der Waals surface area contributed by atoms with E-state index in [-0.39, 0.29) is 0 Å². The molecule has 3 rings (SSSR count). The molecule has 0 unspecified atom stereocenters. The standard InChI is InChI=1S/C15H17N3S2/c1-3-16-10-13-14(17-15-18(13)8-9-19-15)20-12-6-4-11(2)5-7-12/h4-9,16H,3,10H2,1-2H3. The maximum Gasteiger partial charge on any atom is 0.194 e. The van der Waals surface area contributed by atoms with Crippen molar-refractivity contribution in [3.05, 3.63) is 47.1 Å². The normalized spacial score (nSPS) is 11.3. The summed E-state index contributed by atoms with van der Waals surface area (Å²) in [4.78, 5) is 7.05. The monoisotopic (exact) mass is 303 g/mol. The van der Waals surface area contributed by atoms with Crippen molar-refractivity contribution in [2.75, 3.05) is 6.54 Å². The molecular weight excluding hydrogens is 286 g/mol. The van der Waals surface area contributed by atoms with Gasteiger partial charge in [0.1, 0.15) is 5.03 Å². The molecule has 0 amide bonds. The third kappa shape index (κ3) is 2.75. The lowest BCUT2D eigenvalue weighted by Gasteiger charge is -2.05. The fraction of sp³-hybridized carbons (Fsp3) is 0.267. The molecule has 0 fully saturated rings. The van der Waals surface area contributed by atoms with Crippen molar-refractivity contribution in [3.63, 3.8) is 0 Å². The Labute approximate surface area is 127 Å². The van der Waals surface area contributed by atoms with E-state index in [1.54, 1.807) is 23.1 Å². The van der Waals surface area contributed by atoms with Crippen LogP contribution >= 0.6 is 23.1 Å². The molecular formula is C15H17N3S2. The van der Waals surface area contributed by atoms with Crippen molar-refractivity contribution < 1.29 is 0 Å². The van der Waals surface area contributed by atoms with E-state index < -0.39 is 0 Å². The SMILES string of the molecule is CCNCc1c(Sc2ccc(C)cc2)nc2sccn12. The lowest BCUT2D eigenvalue weighted by Crippen LogP contribution is -2.13. The number of nitrogens with zero attached hydrogens (tertiary/aromatic N) is 2. The summed E-state index contributed by atoms with van der Waals surface area (Å²) in [5, 5.41) is 6.58. The molecule has 104 valence electrons. The summed E-state index contributed by atoms with van der Waals surface area (Å²) in [6.45, 7) is 6.05. The number of thiazole rings is 1. The Morgan fingerprint density at radius 3 is 2.85 bits per heavy atom. The molecule has 20 heavy (non-hydrogen) atoms. The van der Waals surface area contributed by atoms with Gasteiger partial charge in [-0.2, -0.15) is 0 Å². The first-order chi connectivity index (χ1) is 9.78. The van der Waals surface area contributed by atoms with Crippen LogP contribution in [-0.2, 0) is 6.54 Å². The molecule has 0 radical (unpaired) electrons. The average molecular weight is 303 g/mol. The maximum absolute atomic E-state index is 4.75. The van der Waals surface area contributed by atoms with Crippen LogP contribution in [0.25, 0.3) is 4.96 Å². The Morgan fingerprint density at radius 1 is 1.30 bits per heavy atom. The minimum absolute atomic E-state index is 0.850. The third-order valence-corrected chi connectivity index (χ3v) is 4.89. The zero-order chi connectivity index (χ0) is 13.9. The zero-order valence-corrected chi connectivity index (χ0v) is 13.2. The van der Waals surface area contributed by atoms with Crippen LogP contribution < -0.4 is 5.32 Å². The summed E-state index contributed by atoms with van der Waals surface area (Å²) in [6.07, 6.45) is 2.10. The number of rotatable bonds is 5. The van der Waals surface area contributed by atoms with Crippen molar-refractivity contribution in [1.29, 1.82) is 0 Å². The number of aromatic nitrogens is 2. The van der Waals surface area contributed by atoms with Gasteiger partial charge in [0.25, 0.3) is 0 Å². The second-order valence-electron chi connectivity index (χ2n) is 4.61. The maximum atomic E-state index is 4.75. The summed E-state index contributed by atoms with van der Waals surface area (Å²) < 4.78 is 2.18. The first-order valence-electron chi connectivity index (χ1n) is 6.67. The van der Waals surface area contributed by atoms with Crippen LogP contribution in [0, 0.1) is 6.92 Å². The van der Waals surface area contributed by atoms with Gasteiger partial charge in [-0.1, -0.05) is 36.4 Å². The lowest BCUT2D eigenvalue weighted by molar-refractivity contribution is 0.694. The van der Waals surface area contributed by atoms with E-state index in [0.29, 0.717) is 0 Å². The van der Waals surface area contributed by atoms with Gasteiger partial charge in [0.15, 0.2) is 4.96 Å². The molecule has 0 bridgehead atoms. The predicted octanol–water partition coefficient (Wildman–Crippen LogP) is 3.96. The smallest absolute Gasteiger partial charge is 0.194 e. The van der Waals surface area contributed by atoms with Gasteiger partial charge in [-0.3, -0.25) is 4.40 Å². The molecule has 0 spiro atoms. The number of hydrogen-bond acceptors (Lipinski definition) is 4. The molecule has 3 nitrogen and oxygen atoms in total. The molecule has 2 aromatic heterocycles. The van der Waals surface area contributed by atoms with E-state index in [2.05, 4.69) is 59.4 Å². The fourth-order valence-corrected chi connectivity index (χ4v) is 3.72. The number of aryl methyl sites for hydroxylation is 1. The molecule has 0 atom stereocenters. The van der Waals surface area contributed by atoms with Crippen molar-refractivity contribution in [1.82, 2.24) is 14.7 Å². The number of benzene rings is 1. The molecule has 0 saturated carbocycles. The molecule has 5 heteroatoms. The van der Waals surface area contributed by atoms with Crippen LogP contribution in [0.2, 0.25) is 0 Å². The summed E-state index contributed by atoms with van der Waals surface area (Å²) in [5.74, 6) is 0. The highest BCUT2D eigenvalue weighted by molar-refractivity contribution is 7.99. The Balaban J connectivity index is 1.93. The molecule has 0 aliphatic rings. The van der Waals surface area contributed by atoms with Gasteiger partial charge in [0.2, 0.25) is 0 Å². The van der Waals surface area contributed by atoms with Crippen LogP contribution in [0.3, 0.4) is 0 Å². The van der Waals surface area contributed by atoms with Gasteiger partial charge in [-0.15, -0.1) is 11.3 Å². The zero-order valence-electron chi connectivity index (χ0n) is 11.6. The number of nitrogens with one attached hydrogen (secondary N) is 1. The van der Waals surface area contributed by atoms with Gasteiger partial charge in [0, 0.05) is 23.0 Å². The number of imidazole rings is 1. The minimum Gasteiger partial charge on any atom is -0.311 e. The van der Waals surface area contributed by atoms with Gasteiger partial charge in [0.05, 0.1) is 5.69 Å². The van der Waals surface area contributed by atoms with Gasteiger partial charge in [-0.05, 0) is 25.6 Å². The molecule has 0 aliphatic carbocycles. The number of fused-ring (bicyclic) bond motifs is 1. The van der Waals surface area contributed by atoms with Crippen molar-refractivity contribution in [2.24, 2.45) is 0 Å². The van der Waals surface area contributed by atoms with Gasteiger partial charge < -0.3 is 5.32 Å². The van der Waals surface area contributed by atoms with Crippen LogP contribution in [0.4, 0.5) is 0 Å². The van der Waals surface area contributed by atoms with Gasteiger partial charge in [-0.25, -0.2) is 4.98 Å². The van der Waals surface area contributed by atoms with Crippen LogP contribution in [0.1, 0.15) is 18.2 Å². The molecule has 3 aromatic rings. The van der Waals surface area contributed by atoms with Crippen LogP contribution in [0.5, 0.6) is 0 Å². The first-order valence-corrected chi connectivity index (χ1v) is 8.37. The molecule has 1 aromatic carbocycles. The Kier molecular flexibility index (Phi) is 4.10. The lowest BCUT2D eigenvalue weighted by atomic mass is 10.2. The van der Waals surface area contributed by atoms with E-state index >= 15 is 0 Å². The largest absolute Gasteiger partial charge is 0.311 e. The molecule has 0 saturated heterocycles. The quantitative estimate of drug-likeness (QED) is 0.773. The summed E-state index contributed by atoms with van der Waals surface area (Å²) in [5.41, 5.74) is 2.53. The minimum atomic E-state index is 0.850. The van der Waals surface area contributed by atoms with E-state index in [4.69, 9.17) is 4.98 Å². The van der Waals surface area contributed by atoms with E-state index in [0.717, 1.165) is 23.1 Å². The van der Waals surface area contributed by atoms with Crippen molar-refractivity contribution >= 4 is 28.1 Å². The topological polar surface area (TPSA) is 29.3 Å². The average Bonchev–Trinajstić information content (AvgIpc) is 3.00. The first kappa shape index (κ1) is 13.7. The molecule has 2 heterocycles. The van der Waals surface area contributed by atoms with Crippen molar-refractivity contribution in [2.45, 2.75) is 30.3 Å². The summed E-state index contributed by atoms with van der Waals surface area (Å²) in [6, 6.07) is 8.60. The highest BCUT2D eigenvalue weighted by atomic mass is 32.2. The summed E-state index contributed by atoms with van der Waals surface area (Å²) in [7, 11) is 0. The Morgan fingerprint density at radius 2 is 2.10 bits per heavy atom. The Hall–Kier alpha value is -1.30. The van der Waals surface area contributed by atoms with E-state index in [1.807, 2.05) is 0 Å². The number of hydrogen-bond donors (Lipinski definition) is 1. The second kappa shape index (κ2) is 5.99. The molecule has 0 aliphatic heterocycles. The summed E-state index contributed by atoms with van der Waals surface area (Å²) >= 11 is 3.42. The highest BCUT2D eigenvalue weighted by Gasteiger charge is 2.13. The predicted molar refractivity (Wildman–Crippen MR) is 85.8 cm³/mol. The molecule has 1 N–H and O–H groups in total. The second-order valence-corrected chi connectivity index (χ2v) is 6.55. The Bertz CT molecular complexity index is 698. The van der Waals surface area contributed by atoms with Crippen molar-refractivity contribution in [3.8, 4) is 0 Å². The van der Waals surface area contributed by atoms with E-state index in [9.17, 15) is 0 Å². The van der Waals surface area contributed by atoms with Crippen LogP contribution in [0.15, 0.2) is 45.8 Å². The van der Waals surface area contributed by atoms with Gasteiger partial charge >= 0.3 is 0 Å². The van der Waals surface area contributed by atoms with Crippen LogP contribution in [-0.4, -0.2) is 15.9 Å². The highest BCUT2D eigenvalue weighted by Crippen LogP contribution is 2.31. The third-order valence-electron chi connectivity index (χ3n) is 3.10. The van der Waals surface area contributed by atoms with E-state index in [1.165, 1.54) is 16.2 Å².